The summed E-state index contributed by atoms with van der Waals surface area (Å²) in [5.41, 5.74) is 12.9. The number of carbonyl (C=O) groups is 2. The zero-order valence-corrected chi connectivity index (χ0v) is 25.0. The number of carbonyl (C=O) groups excluding carboxylic acids is 2. The number of fused-ring (bicyclic) bond motifs is 7. The van der Waals surface area contributed by atoms with Crippen molar-refractivity contribution in [3.63, 3.8) is 0 Å². The number of nitrogens with zero attached hydrogens (tertiary/aromatic N) is 9. The largest absolute Gasteiger partial charge is 0.387 e. The van der Waals surface area contributed by atoms with Crippen LogP contribution in [0.25, 0.3) is 22.3 Å². The van der Waals surface area contributed by atoms with Gasteiger partial charge in [-0.05, 0) is 5.92 Å². The monoisotopic (exact) mass is 665 g/mol. The van der Waals surface area contributed by atoms with E-state index in [1.54, 1.807) is 4.90 Å². The summed E-state index contributed by atoms with van der Waals surface area (Å²) in [5, 5.41) is 48.7. The molecule has 7 rings (SSSR count). The summed E-state index contributed by atoms with van der Waals surface area (Å²) in [6.45, 7) is -1.00. The highest BCUT2D eigenvalue weighted by atomic mass is 16.6. The Hall–Kier alpha value is -5.08. The Labute approximate surface area is 269 Å². The molecule has 0 radical (unpaired) electrons. The second kappa shape index (κ2) is 12.5. The van der Waals surface area contributed by atoms with Crippen LogP contribution in [0.4, 0.5) is 11.6 Å². The SMILES string of the molecule is Nc1ncnc2c1ncn2[C@@H]1O[C@H](CN2CC#Cc3nc4c(N)ncnc4n3[C@@H]3O[C@H](CNC(=O)CNC(=O)C2)[C@@H](O)[C@H]3O)[C@@H](O)[C@H]1O. The number of aliphatic hydroxyl groups is 4. The van der Waals surface area contributed by atoms with Crippen LogP contribution in [-0.4, -0.2) is 146 Å². The molecule has 252 valence electrons. The Morgan fingerprint density at radius 3 is 2.38 bits per heavy atom. The quantitative estimate of drug-likeness (QED) is 0.0950. The van der Waals surface area contributed by atoms with E-state index >= 15 is 0 Å². The molecule has 48 heavy (non-hydrogen) atoms. The van der Waals surface area contributed by atoms with Gasteiger partial charge in [0.25, 0.3) is 0 Å². The molecule has 10 N–H and O–H groups in total. The van der Waals surface area contributed by atoms with Crippen LogP contribution in [0.15, 0.2) is 19.0 Å². The molecule has 0 saturated carbocycles. The molecular weight excluding hydrogens is 634 g/mol. The van der Waals surface area contributed by atoms with Crippen LogP contribution in [0.3, 0.4) is 0 Å². The van der Waals surface area contributed by atoms with Gasteiger partial charge < -0.3 is 52.0 Å². The standard InChI is InChI=1S/C27H31N13O8/c28-22-16-24(34-8-32-22)39(10-36-16)26-20(45)19(44)12(48-26)6-38-3-1-2-13-37-17-23(29)33-9-35-25(17)40(13)27-21(46)18(43)11(47-27)4-30-14(41)5-31-15(42)7-38/h8-12,18-21,26-27,43-46H,3-7H2,(H,30,41)(H,31,42)(H2,28,32,34)(H2,29,33,35)/t11-,12-,18-,19-,20-,21-,26-,27-/m1/s1. The molecule has 8 atom stereocenters. The lowest BCUT2D eigenvalue weighted by molar-refractivity contribution is -0.127. The summed E-state index contributed by atoms with van der Waals surface area (Å²) in [7, 11) is 0. The first-order valence-electron chi connectivity index (χ1n) is 14.8. The van der Waals surface area contributed by atoms with Crippen LogP contribution >= 0.6 is 0 Å². The minimum Gasteiger partial charge on any atom is -0.387 e. The fourth-order valence-electron chi connectivity index (χ4n) is 5.92. The average molecular weight is 666 g/mol. The number of anilines is 2. The van der Waals surface area contributed by atoms with Gasteiger partial charge >= 0.3 is 0 Å². The summed E-state index contributed by atoms with van der Waals surface area (Å²) in [6.07, 6.45) is -6.14. The normalized spacial score (nSPS) is 30.2. The first-order valence-corrected chi connectivity index (χ1v) is 14.8. The highest BCUT2D eigenvalue weighted by Crippen LogP contribution is 2.34. The Morgan fingerprint density at radius 2 is 1.58 bits per heavy atom. The number of hydrogen-bond acceptors (Lipinski definition) is 17. The molecule has 2 amide bonds. The molecule has 21 nitrogen and oxygen atoms in total. The number of nitrogens with two attached hydrogens (primary N) is 2. The zero-order chi connectivity index (χ0) is 33.7. The molecular formula is C27H31N13O8. The fraction of sp³-hybridized carbons (Fsp3) is 0.481. The number of nitrogen functional groups attached to an aromatic ring is 2. The van der Waals surface area contributed by atoms with Gasteiger partial charge in [-0.1, -0.05) is 5.92 Å². The first-order chi connectivity index (χ1) is 23.1. The van der Waals surface area contributed by atoms with Gasteiger partial charge in [0.15, 0.2) is 46.7 Å². The molecule has 0 aliphatic carbocycles. The van der Waals surface area contributed by atoms with Gasteiger partial charge in [0.05, 0.1) is 26.0 Å². The fourth-order valence-corrected chi connectivity index (χ4v) is 5.92. The van der Waals surface area contributed by atoms with Crippen molar-refractivity contribution in [3.8, 4) is 11.8 Å². The topological polar surface area (TPSA) is 300 Å². The number of rotatable bonds is 3. The Bertz CT molecular complexity index is 1940. The summed E-state index contributed by atoms with van der Waals surface area (Å²) in [4.78, 5) is 52.0. The van der Waals surface area contributed by atoms with Gasteiger partial charge in [0, 0.05) is 13.1 Å². The number of aromatic nitrogens is 8. The third kappa shape index (κ3) is 5.60. The molecule has 2 bridgehead atoms. The zero-order valence-electron chi connectivity index (χ0n) is 25.0. The van der Waals surface area contributed by atoms with E-state index in [1.165, 1.54) is 28.1 Å². The second-order valence-corrected chi connectivity index (χ2v) is 11.5. The summed E-state index contributed by atoms with van der Waals surface area (Å²) < 4.78 is 14.8. The van der Waals surface area contributed by atoms with E-state index in [4.69, 9.17) is 20.9 Å². The van der Waals surface area contributed by atoms with Crippen molar-refractivity contribution in [2.24, 2.45) is 0 Å². The Balaban J connectivity index is 1.19. The molecule has 0 aromatic carbocycles. The molecule has 0 spiro atoms. The minimum atomic E-state index is -1.45. The van der Waals surface area contributed by atoms with Gasteiger partial charge in [-0.25, -0.2) is 29.9 Å². The van der Waals surface area contributed by atoms with Crippen LogP contribution in [0, 0.1) is 11.8 Å². The number of nitrogens with one attached hydrogen (secondary N) is 2. The van der Waals surface area contributed by atoms with E-state index in [-0.39, 0.29) is 67.0 Å². The van der Waals surface area contributed by atoms with E-state index in [0.29, 0.717) is 5.52 Å². The average Bonchev–Trinajstić information content (AvgIpc) is 3.80. The lowest BCUT2D eigenvalue weighted by Gasteiger charge is -2.24. The van der Waals surface area contributed by atoms with Crippen molar-refractivity contribution in [2.75, 3.05) is 44.2 Å². The minimum absolute atomic E-state index is 0.0446. The number of imidazole rings is 2. The van der Waals surface area contributed by atoms with E-state index < -0.39 is 60.9 Å². The van der Waals surface area contributed by atoms with Crippen LogP contribution in [0.2, 0.25) is 0 Å². The summed E-state index contributed by atoms with van der Waals surface area (Å²) in [5.74, 6) is 4.97. The molecule has 3 aliphatic rings. The highest BCUT2D eigenvalue weighted by Gasteiger charge is 2.46. The van der Waals surface area contributed by atoms with Crippen LogP contribution in [0.1, 0.15) is 18.3 Å². The van der Waals surface area contributed by atoms with Crippen molar-refractivity contribution in [3.05, 3.63) is 24.8 Å². The van der Waals surface area contributed by atoms with Crippen molar-refractivity contribution < 1.29 is 39.5 Å². The molecule has 7 heterocycles. The van der Waals surface area contributed by atoms with Crippen LogP contribution in [-0.2, 0) is 19.1 Å². The number of amides is 2. The molecule has 4 aromatic rings. The van der Waals surface area contributed by atoms with Gasteiger partial charge in [-0.3, -0.25) is 23.6 Å². The lowest BCUT2D eigenvalue weighted by atomic mass is 10.1. The van der Waals surface area contributed by atoms with E-state index in [9.17, 15) is 30.0 Å². The van der Waals surface area contributed by atoms with Crippen LogP contribution in [0.5, 0.6) is 0 Å². The van der Waals surface area contributed by atoms with E-state index in [0.717, 1.165) is 0 Å². The second-order valence-electron chi connectivity index (χ2n) is 11.5. The molecule has 2 saturated heterocycles. The number of hydrogen-bond donors (Lipinski definition) is 8. The van der Waals surface area contributed by atoms with Crippen molar-refractivity contribution in [1.82, 2.24) is 54.6 Å². The Kier molecular flexibility index (Phi) is 8.21. The maximum absolute atomic E-state index is 12.9. The molecule has 21 heteroatoms. The molecule has 0 unspecified atom stereocenters. The van der Waals surface area contributed by atoms with E-state index in [2.05, 4.69) is 52.4 Å². The first kappa shape index (κ1) is 31.5. The van der Waals surface area contributed by atoms with Crippen molar-refractivity contribution >= 4 is 45.8 Å². The predicted molar refractivity (Wildman–Crippen MR) is 161 cm³/mol. The molecule has 3 aliphatic heterocycles. The Morgan fingerprint density at radius 1 is 0.854 bits per heavy atom. The third-order valence-corrected chi connectivity index (χ3v) is 8.35. The molecule has 2 fully saturated rings. The predicted octanol–water partition coefficient (Wildman–Crippen LogP) is -5.03. The van der Waals surface area contributed by atoms with Gasteiger partial charge in [0.1, 0.15) is 54.8 Å². The summed E-state index contributed by atoms with van der Waals surface area (Å²) in [6, 6.07) is 0. The molecule has 4 aromatic heterocycles. The van der Waals surface area contributed by atoms with Gasteiger partial charge in [0.2, 0.25) is 11.8 Å². The summed E-state index contributed by atoms with van der Waals surface area (Å²) >= 11 is 0. The van der Waals surface area contributed by atoms with Gasteiger partial charge in [-0.2, -0.15) is 0 Å². The third-order valence-electron chi connectivity index (χ3n) is 8.35. The smallest absolute Gasteiger partial charge is 0.239 e. The van der Waals surface area contributed by atoms with Crippen molar-refractivity contribution in [2.45, 2.75) is 49.1 Å². The highest BCUT2D eigenvalue weighted by molar-refractivity contribution is 5.86. The van der Waals surface area contributed by atoms with Crippen molar-refractivity contribution in [1.29, 1.82) is 0 Å². The number of ether oxygens (including phenoxy) is 2. The maximum Gasteiger partial charge on any atom is 0.239 e. The van der Waals surface area contributed by atoms with Gasteiger partial charge in [-0.15, -0.1) is 0 Å². The maximum atomic E-state index is 12.9. The van der Waals surface area contributed by atoms with E-state index in [1.807, 2.05) is 0 Å². The lowest BCUT2D eigenvalue weighted by Crippen LogP contribution is -2.47. The van der Waals surface area contributed by atoms with Crippen LogP contribution < -0.4 is 22.1 Å². The number of aliphatic hydroxyl groups excluding tert-OH is 4.